The lowest BCUT2D eigenvalue weighted by molar-refractivity contribution is 0.0981. The lowest BCUT2D eigenvalue weighted by atomic mass is 10.0. The number of ketones is 1. The molecule has 3 heteroatoms. The first-order valence-electron chi connectivity index (χ1n) is 4.70. The molecule has 0 radical (unpaired) electrons. The molecule has 0 saturated carbocycles. The molecular formula is C11H10ClFO. The second-order valence-electron chi connectivity index (χ2n) is 3.52. The van der Waals surface area contributed by atoms with E-state index in [1.165, 1.54) is 6.07 Å². The lowest BCUT2D eigenvalue weighted by Gasteiger charge is -2.06. The third kappa shape index (κ3) is 1.55. The Labute approximate surface area is 86.9 Å². The van der Waals surface area contributed by atoms with E-state index in [-0.39, 0.29) is 10.8 Å². The molecule has 0 fully saturated rings. The maximum atomic E-state index is 13.6. The number of fused-ring (bicyclic) bond motifs is 1. The zero-order valence-corrected chi connectivity index (χ0v) is 8.40. The highest BCUT2D eigenvalue weighted by Gasteiger charge is 2.19. The smallest absolute Gasteiger partial charge is 0.163 e. The normalized spacial score (nSPS) is 16.3. The summed E-state index contributed by atoms with van der Waals surface area (Å²) in [4.78, 5) is 11.6. The molecule has 1 aliphatic rings. The van der Waals surface area contributed by atoms with Crippen LogP contribution in [-0.4, -0.2) is 5.78 Å². The Balaban J connectivity index is 2.58. The van der Waals surface area contributed by atoms with Crippen molar-refractivity contribution in [2.45, 2.75) is 25.7 Å². The Morgan fingerprint density at radius 2 is 1.93 bits per heavy atom. The van der Waals surface area contributed by atoms with Crippen LogP contribution in [0.4, 0.5) is 4.39 Å². The monoisotopic (exact) mass is 212 g/mol. The Hall–Kier alpha value is -0.890. The van der Waals surface area contributed by atoms with Gasteiger partial charge in [0.05, 0.1) is 5.02 Å². The highest BCUT2D eigenvalue weighted by atomic mass is 35.5. The van der Waals surface area contributed by atoms with Gasteiger partial charge in [0.1, 0.15) is 5.82 Å². The van der Waals surface area contributed by atoms with Gasteiger partial charge in [0.2, 0.25) is 0 Å². The van der Waals surface area contributed by atoms with Gasteiger partial charge in [-0.1, -0.05) is 11.6 Å². The van der Waals surface area contributed by atoms with Gasteiger partial charge in [-0.15, -0.1) is 0 Å². The summed E-state index contributed by atoms with van der Waals surface area (Å²) in [6, 6.07) is 3.09. The van der Waals surface area contributed by atoms with E-state index in [9.17, 15) is 9.18 Å². The van der Waals surface area contributed by atoms with Crippen LogP contribution in [0.3, 0.4) is 0 Å². The molecule has 0 amide bonds. The van der Waals surface area contributed by atoms with Crippen molar-refractivity contribution in [3.63, 3.8) is 0 Å². The number of carbonyl (C=O) groups is 1. The molecule has 0 unspecified atom stereocenters. The summed E-state index contributed by atoms with van der Waals surface area (Å²) in [7, 11) is 0. The van der Waals surface area contributed by atoms with E-state index < -0.39 is 5.82 Å². The average Bonchev–Trinajstić information content (AvgIpc) is 2.35. The Bertz CT molecular complexity index is 387. The fourth-order valence-corrected chi connectivity index (χ4v) is 2.00. The molecule has 0 aromatic heterocycles. The van der Waals surface area contributed by atoms with E-state index in [2.05, 4.69) is 0 Å². The summed E-state index contributed by atoms with van der Waals surface area (Å²) in [5, 5.41) is 0.110. The van der Waals surface area contributed by atoms with Crippen molar-refractivity contribution < 1.29 is 9.18 Å². The Morgan fingerprint density at radius 3 is 2.71 bits per heavy atom. The van der Waals surface area contributed by atoms with Gasteiger partial charge in [-0.25, -0.2) is 4.39 Å². The highest BCUT2D eigenvalue weighted by molar-refractivity contribution is 6.31. The number of hydrogen-bond donors (Lipinski definition) is 0. The third-order valence-electron chi connectivity index (χ3n) is 2.58. The van der Waals surface area contributed by atoms with Crippen LogP contribution in [0.15, 0.2) is 12.1 Å². The van der Waals surface area contributed by atoms with E-state index in [1.54, 1.807) is 6.07 Å². The standard InChI is InChI=1S/C11H10ClFO/c12-9-6-5-7-8(11(9)13)3-1-2-4-10(7)14/h5-6H,1-4H2. The molecule has 0 heterocycles. The van der Waals surface area contributed by atoms with Crippen molar-refractivity contribution in [3.8, 4) is 0 Å². The van der Waals surface area contributed by atoms with Crippen LogP contribution in [0.5, 0.6) is 0 Å². The number of Topliss-reactive ketones (excluding diaryl/α,β-unsaturated/α-hetero) is 1. The third-order valence-corrected chi connectivity index (χ3v) is 2.87. The molecule has 0 aliphatic heterocycles. The van der Waals surface area contributed by atoms with Crippen LogP contribution in [0.1, 0.15) is 35.2 Å². The van der Waals surface area contributed by atoms with Gasteiger partial charge in [0.15, 0.2) is 5.78 Å². The molecule has 1 nitrogen and oxygen atoms in total. The molecule has 0 spiro atoms. The van der Waals surface area contributed by atoms with Crippen LogP contribution < -0.4 is 0 Å². The van der Waals surface area contributed by atoms with Crippen molar-refractivity contribution in [1.29, 1.82) is 0 Å². The minimum atomic E-state index is -0.417. The maximum Gasteiger partial charge on any atom is 0.163 e. The molecular weight excluding hydrogens is 203 g/mol. The molecule has 14 heavy (non-hydrogen) atoms. The molecule has 0 saturated heterocycles. The highest BCUT2D eigenvalue weighted by Crippen LogP contribution is 2.27. The van der Waals surface area contributed by atoms with Crippen molar-refractivity contribution in [2.24, 2.45) is 0 Å². The minimum Gasteiger partial charge on any atom is -0.294 e. The van der Waals surface area contributed by atoms with Crippen molar-refractivity contribution in [1.82, 2.24) is 0 Å². The van der Waals surface area contributed by atoms with Crippen LogP contribution in [0.25, 0.3) is 0 Å². The Morgan fingerprint density at radius 1 is 1.21 bits per heavy atom. The average molecular weight is 213 g/mol. The van der Waals surface area contributed by atoms with Crippen LogP contribution >= 0.6 is 11.6 Å². The molecule has 74 valence electrons. The summed E-state index contributed by atoms with van der Waals surface area (Å²) in [6.45, 7) is 0. The van der Waals surface area contributed by atoms with Crippen molar-refractivity contribution in [2.75, 3.05) is 0 Å². The summed E-state index contributed by atoms with van der Waals surface area (Å²) in [5.74, 6) is -0.382. The van der Waals surface area contributed by atoms with Gasteiger partial charge in [-0.2, -0.15) is 0 Å². The SMILES string of the molecule is O=C1CCCCc2c1ccc(Cl)c2F. The largest absolute Gasteiger partial charge is 0.294 e. The van der Waals surface area contributed by atoms with Crippen molar-refractivity contribution >= 4 is 17.4 Å². The van der Waals surface area contributed by atoms with E-state index in [1.807, 2.05) is 0 Å². The van der Waals surface area contributed by atoms with E-state index >= 15 is 0 Å². The molecule has 1 aromatic carbocycles. The second kappa shape index (κ2) is 3.70. The molecule has 0 atom stereocenters. The predicted octanol–water partition coefficient (Wildman–Crippen LogP) is 3.39. The first-order valence-corrected chi connectivity index (χ1v) is 5.08. The van der Waals surface area contributed by atoms with Gasteiger partial charge in [0.25, 0.3) is 0 Å². The van der Waals surface area contributed by atoms with Gasteiger partial charge in [-0.3, -0.25) is 4.79 Å². The van der Waals surface area contributed by atoms with Gasteiger partial charge < -0.3 is 0 Å². The minimum absolute atomic E-state index is 0.0352. The zero-order valence-electron chi connectivity index (χ0n) is 7.65. The first kappa shape index (κ1) is 9.66. The van der Waals surface area contributed by atoms with Crippen LogP contribution in [0.2, 0.25) is 5.02 Å². The van der Waals surface area contributed by atoms with Crippen molar-refractivity contribution in [3.05, 3.63) is 34.1 Å². The first-order chi connectivity index (χ1) is 6.70. The van der Waals surface area contributed by atoms with Gasteiger partial charge in [0, 0.05) is 17.5 Å². The molecule has 1 aliphatic carbocycles. The summed E-state index contributed by atoms with van der Waals surface area (Å²) >= 11 is 5.66. The summed E-state index contributed by atoms with van der Waals surface area (Å²) < 4.78 is 13.6. The van der Waals surface area contributed by atoms with Crippen LogP contribution in [0, 0.1) is 5.82 Å². The zero-order chi connectivity index (χ0) is 10.1. The number of benzene rings is 1. The second-order valence-corrected chi connectivity index (χ2v) is 3.92. The summed E-state index contributed by atoms with van der Waals surface area (Å²) in [6.07, 6.45) is 2.84. The molecule has 0 bridgehead atoms. The van der Waals surface area contributed by atoms with E-state index in [4.69, 9.17) is 11.6 Å². The van der Waals surface area contributed by atoms with E-state index in [0.29, 0.717) is 24.0 Å². The molecule has 1 aromatic rings. The summed E-state index contributed by atoms with van der Waals surface area (Å²) in [5.41, 5.74) is 1.02. The fraction of sp³-hybridized carbons (Fsp3) is 0.364. The van der Waals surface area contributed by atoms with Gasteiger partial charge in [-0.05, 0) is 31.4 Å². The maximum absolute atomic E-state index is 13.6. The fourth-order valence-electron chi connectivity index (χ4n) is 1.82. The molecule has 2 rings (SSSR count). The lowest BCUT2D eigenvalue weighted by Crippen LogP contribution is -2.02. The van der Waals surface area contributed by atoms with Crippen LogP contribution in [-0.2, 0) is 6.42 Å². The molecule has 0 N–H and O–H groups in total. The van der Waals surface area contributed by atoms with E-state index in [0.717, 1.165) is 12.8 Å². The number of carbonyl (C=O) groups excluding carboxylic acids is 1. The Kier molecular flexibility index (Phi) is 2.55. The predicted molar refractivity (Wildman–Crippen MR) is 53.3 cm³/mol. The quantitative estimate of drug-likeness (QED) is 0.603. The number of rotatable bonds is 0. The number of halogens is 2. The topological polar surface area (TPSA) is 17.1 Å². The van der Waals surface area contributed by atoms with Gasteiger partial charge >= 0.3 is 0 Å². The number of hydrogen-bond acceptors (Lipinski definition) is 1.